The number of pyridine rings is 1. The Bertz CT molecular complexity index is 293. The quantitative estimate of drug-likeness (QED) is 0.575. The molecular formula is C10H14ClNOS. The molecule has 1 aromatic heterocycles. The van der Waals surface area contributed by atoms with E-state index in [4.69, 9.17) is 16.3 Å². The van der Waals surface area contributed by atoms with Crippen LogP contribution in [0.1, 0.15) is 11.4 Å². The van der Waals surface area contributed by atoms with Crippen molar-refractivity contribution in [3.05, 3.63) is 23.5 Å². The van der Waals surface area contributed by atoms with Gasteiger partial charge in [0.2, 0.25) is 0 Å². The molecule has 1 aromatic rings. The third-order valence-electron chi connectivity index (χ3n) is 1.69. The number of thioether (sulfide) groups is 1. The monoisotopic (exact) mass is 231 g/mol. The van der Waals surface area contributed by atoms with Crippen LogP contribution in [-0.4, -0.2) is 23.7 Å². The van der Waals surface area contributed by atoms with E-state index >= 15 is 0 Å². The van der Waals surface area contributed by atoms with Gasteiger partial charge in [0.25, 0.3) is 0 Å². The first kappa shape index (κ1) is 11.7. The van der Waals surface area contributed by atoms with Crippen molar-refractivity contribution in [3.8, 4) is 5.75 Å². The van der Waals surface area contributed by atoms with E-state index in [1.54, 1.807) is 18.9 Å². The van der Waals surface area contributed by atoms with Crippen molar-refractivity contribution in [1.29, 1.82) is 0 Å². The third-order valence-corrected chi connectivity index (χ3v) is 3.09. The van der Waals surface area contributed by atoms with Gasteiger partial charge >= 0.3 is 0 Å². The van der Waals surface area contributed by atoms with E-state index in [1.165, 1.54) is 0 Å². The van der Waals surface area contributed by atoms with Gasteiger partial charge in [-0.3, -0.25) is 4.98 Å². The lowest BCUT2D eigenvalue weighted by Crippen LogP contribution is -1.94. The maximum absolute atomic E-state index is 5.59. The van der Waals surface area contributed by atoms with Crippen molar-refractivity contribution in [3.63, 3.8) is 0 Å². The normalized spacial score (nSPS) is 10.2. The summed E-state index contributed by atoms with van der Waals surface area (Å²) in [5.41, 5.74) is 2.04. The second-order valence-electron chi connectivity index (χ2n) is 2.88. The lowest BCUT2D eigenvalue weighted by atomic mass is 10.3. The highest BCUT2D eigenvalue weighted by Crippen LogP contribution is 2.17. The Morgan fingerprint density at radius 3 is 2.93 bits per heavy atom. The van der Waals surface area contributed by atoms with Crippen LogP contribution < -0.4 is 4.74 Å². The molecule has 0 unspecified atom stereocenters. The molecule has 1 rings (SSSR count). The molecule has 0 aliphatic heterocycles. The lowest BCUT2D eigenvalue weighted by molar-refractivity contribution is 0.413. The maximum Gasteiger partial charge on any atom is 0.122 e. The van der Waals surface area contributed by atoms with Gasteiger partial charge < -0.3 is 4.74 Å². The molecule has 14 heavy (non-hydrogen) atoms. The average Bonchev–Trinajstić information content (AvgIpc) is 2.17. The van der Waals surface area contributed by atoms with Crippen LogP contribution in [0, 0.1) is 6.92 Å². The summed E-state index contributed by atoms with van der Waals surface area (Å²) in [4.78, 5) is 4.41. The van der Waals surface area contributed by atoms with Gasteiger partial charge in [0, 0.05) is 35.2 Å². The van der Waals surface area contributed by atoms with Crippen molar-refractivity contribution >= 4 is 23.4 Å². The highest BCUT2D eigenvalue weighted by molar-refractivity contribution is 7.98. The predicted molar refractivity (Wildman–Crippen MR) is 62.4 cm³/mol. The van der Waals surface area contributed by atoms with Gasteiger partial charge in [-0.2, -0.15) is 11.8 Å². The first-order valence-electron chi connectivity index (χ1n) is 4.41. The number of methoxy groups -OCH3 is 1. The zero-order valence-corrected chi connectivity index (χ0v) is 9.99. The van der Waals surface area contributed by atoms with Crippen LogP contribution in [-0.2, 0) is 5.75 Å². The van der Waals surface area contributed by atoms with Crippen LogP contribution in [0.5, 0.6) is 5.75 Å². The molecule has 0 fully saturated rings. The second kappa shape index (κ2) is 6.14. The van der Waals surface area contributed by atoms with E-state index in [0.29, 0.717) is 5.88 Å². The highest BCUT2D eigenvalue weighted by atomic mass is 35.5. The fourth-order valence-corrected chi connectivity index (χ4v) is 2.06. The number of aryl methyl sites for hydroxylation is 1. The molecule has 0 bridgehead atoms. The van der Waals surface area contributed by atoms with E-state index in [9.17, 15) is 0 Å². The average molecular weight is 232 g/mol. The molecule has 0 aromatic carbocycles. The fourth-order valence-electron chi connectivity index (χ4n) is 1.13. The molecule has 0 atom stereocenters. The predicted octanol–water partition coefficient (Wildman–Crippen LogP) is 2.87. The molecule has 4 heteroatoms. The maximum atomic E-state index is 5.59. The molecule has 0 amide bonds. The van der Waals surface area contributed by atoms with Gasteiger partial charge in [-0.1, -0.05) is 0 Å². The minimum Gasteiger partial charge on any atom is -0.497 e. The molecule has 0 aliphatic rings. The third kappa shape index (κ3) is 3.76. The number of nitrogens with zero attached hydrogens (tertiary/aromatic N) is 1. The molecule has 0 radical (unpaired) electrons. The van der Waals surface area contributed by atoms with Crippen LogP contribution in [0.15, 0.2) is 12.1 Å². The minimum absolute atomic E-state index is 0.688. The molecular weight excluding hydrogens is 218 g/mol. The number of ether oxygens (including phenoxy) is 1. The zero-order valence-electron chi connectivity index (χ0n) is 8.42. The van der Waals surface area contributed by atoms with Gasteiger partial charge in [-0.15, -0.1) is 11.6 Å². The Morgan fingerprint density at radius 2 is 2.29 bits per heavy atom. The summed E-state index contributed by atoms with van der Waals surface area (Å²) >= 11 is 7.38. The summed E-state index contributed by atoms with van der Waals surface area (Å²) in [6.07, 6.45) is 0. The fraction of sp³-hybridized carbons (Fsp3) is 0.500. The molecule has 0 N–H and O–H groups in total. The zero-order chi connectivity index (χ0) is 10.4. The summed E-state index contributed by atoms with van der Waals surface area (Å²) < 4.78 is 5.17. The standard InChI is InChI=1S/C10H14ClNOS/c1-8-5-10(13-2)6-9(12-8)7-14-4-3-11/h5-6H,3-4,7H2,1-2H3. The second-order valence-corrected chi connectivity index (χ2v) is 4.36. The molecule has 0 saturated carbocycles. The number of aromatic nitrogens is 1. The Balaban J connectivity index is 2.62. The first-order chi connectivity index (χ1) is 6.76. The minimum atomic E-state index is 0.688. The highest BCUT2D eigenvalue weighted by Gasteiger charge is 2.00. The van der Waals surface area contributed by atoms with Crippen molar-refractivity contribution in [2.45, 2.75) is 12.7 Å². The Morgan fingerprint density at radius 1 is 1.50 bits per heavy atom. The van der Waals surface area contributed by atoms with Gasteiger partial charge in [-0.25, -0.2) is 0 Å². The van der Waals surface area contributed by atoms with Crippen LogP contribution in [0.3, 0.4) is 0 Å². The molecule has 0 spiro atoms. The van der Waals surface area contributed by atoms with E-state index in [2.05, 4.69) is 4.98 Å². The van der Waals surface area contributed by atoms with Crippen molar-refractivity contribution < 1.29 is 4.74 Å². The lowest BCUT2D eigenvalue weighted by Gasteiger charge is -2.05. The molecule has 0 aliphatic carbocycles. The number of halogens is 1. The number of rotatable bonds is 5. The van der Waals surface area contributed by atoms with Crippen LogP contribution in [0.2, 0.25) is 0 Å². The largest absolute Gasteiger partial charge is 0.497 e. The molecule has 2 nitrogen and oxygen atoms in total. The number of hydrogen-bond acceptors (Lipinski definition) is 3. The van der Waals surface area contributed by atoms with Gasteiger partial charge in [-0.05, 0) is 6.92 Å². The summed E-state index contributed by atoms with van der Waals surface area (Å²) in [5.74, 6) is 3.41. The van der Waals surface area contributed by atoms with Crippen molar-refractivity contribution in [2.75, 3.05) is 18.7 Å². The summed E-state index contributed by atoms with van der Waals surface area (Å²) in [6, 6.07) is 3.89. The molecule has 1 heterocycles. The summed E-state index contributed by atoms with van der Waals surface area (Å²) in [5, 5.41) is 0. The smallest absolute Gasteiger partial charge is 0.122 e. The molecule has 0 saturated heterocycles. The van der Waals surface area contributed by atoms with Gasteiger partial charge in [0.1, 0.15) is 5.75 Å². The van der Waals surface area contributed by atoms with Crippen LogP contribution in [0.4, 0.5) is 0 Å². The van der Waals surface area contributed by atoms with E-state index in [0.717, 1.165) is 28.6 Å². The van der Waals surface area contributed by atoms with Gasteiger partial charge in [0.05, 0.1) is 12.8 Å². The Labute approximate surface area is 94.0 Å². The van der Waals surface area contributed by atoms with Gasteiger partial charge in [0.15, 0.2) is 0 Å². The Hall–Kier alpha value is -0.410. The SMILES string of the molecule is COc1cc(C)nc(CSCCCl)c1. The topological polar surface area (TPSA) is 22.1 Å². The van der Waals surface area contributed by atoms with Crippen LogP contribution >= 0.6 is 23.4 Å². The summed E-state index contributed by atoms with van der Waals surface area (Å²) in [6.45, 7) is 1.97. The van der Waals surface area contributed by atoms with Crippen molar-refractivity contribution in [1.82, 2.24) is 4.98 Å². The van der Waals surface area contributed by atoms with E-state index in [1.807, 2.05) is 19.1 Å². The van der Waals surface area contributed by atoms with E-state index < -0.39 is 0 Å². The number of hydrogen-bond donors (Lipinski definition) is 0. The Kier molecular flexibility index (Phi) is 5.12. The summed E-state index contributed by atoms with van der Waals surface area (Å²) in [7, 11) is 1.67. The van der Waals surface area contributed by atoms with Crippen LogP contribution in [0.25, 0.3) is 0 Å². The number of alkyl halides is 1. The van der Waals surface area contributed by atoms with E-state index in [-0.39, 0.29) is 0 Å². The molecule has 78 valence electrons. The first-order valence-corrected chi connectivity index (χ1v) is 6.10. The van der Waals surface area contributed by atoms with Crippen molar-refractivity contribution in [2.24, 2.45) is 0 Å².